The minimum atomic E-state index is -0.998. The predicted molar refractivity (Wildman–Crippen MR) is 116 cm³/mol. The Hall–Kier alpha value is -2.94. The molecular formula is C23H33NO8. The first-order valence-corrected chi connectivity index (χ1v) is 10.7. The molecule has 0 aromatic heterocycles. The fraction of sp³-hybridized carbons (Fsp3) is 0.565. The molecule has 0 radical (unpaired) electrons. The second-order valence-corrected chi connectivity index (χ2v) is 7.78. The number of esters is 4. The lowest BCUT2D eigenvalue weighted by Crippen LogP contribution is -2.37. The number of carbonyl (C=O) groups is 4. The van der Waals surface area contributed by atoms with Crippen LogP contribution in [0.1, 0.15) is 59.4 Å². The van der Waals surface area contributed by atoms with Crippen molar-refractivity contribution in [2.45, 2.75) is 72.4 Å². The topological polar surface area (TPSA) is 131 Å². The predicted octanol–water partition coefficient (Wildman–Crippen LogP) is 2.71. The molecule has 2 atom stereocenters. The van der Waals surface area contributed by atoms with Gasteiger partial charge in [-0.1, -0.05) is 33.8 Å². The lowest BCUT2D eigenvalue weighted by atomic mass is 10.1. The Labute approximate surface area is 188 Å². The number of carbonyl (C=O) groups excluding carboxylic acids is 4. The molecule has 9 nitrogen and oxygen atoms in total. The molecule has 0 aliphatic carbocycles. The SMILES string of the molecule is CCC(=O)Oc1ccc(C[C@H](N)C(=O)O[C@@H](C)COC(=O)CC(C)C)cc1OC(=O)CC. The number of rotatable bonds is 12. The molecule has 32 heavy (non-hydrogen) atoms. The Morgan fingerprint density at radius 3 is 2.06 bits per heavy atom. The molecule has 0 saturated carbocycles. The zero-order valence-electron chi connectivity index (χ0n) is 19.3. The maximum Gasteiger partial charge on any atom is 0.323 e. The zero-order valence-corrected chi connectivity index (χ0v) is 19.3. The maximum atomic E-state index is 12.3. The summed E-state index contributed by atoms with van der Waals surface area (Å²) in [5.41, 5.74) is 6.55. The fourth-order valence-corrected chi connectivity index (χ4v) is 2.49. The van der Waals surface area contributed by atoms with E-state index in [1.807, 2.05) is 13.8 Å². The minimum Gasteiger partial charge on any atom is -0.462 e. The van der Waals surface area contributed by atoms with Crippen molar-refractivity contribution in [3.05, 3.63) is 23.8 Å². The molecule has 0 unspecified atom stereocenters. The van der Waals surface area contributed by atoms with Gasteiger partial charge in [0.05, 0.1) is 0 Å². The second-order valence-electron chi connectivity index (χ2n) is 7.78. The van der Waals surface area contributed by atoms with Crippen LogP contribution >= 0.6 is 0 Å². The highest BCUT2D eigenvalue weighted by Crippen LogP contribution is 2.30. The van der Waals surface area contributed by atoms with Gasteiger partial charge in [0.1, 0.15) is 18.8 Å². The summed E-state index contributed by atoms with van der Waals surface area (Å²) >= 11 is 0. The van der Waals surface area contributed by atoms with Gasteiger partial charge in [-0.05, 0) is 37.0 Å². The summed E-state index contributed by atoms with van der Waals surface area (Å²) in [5, 5.41) is 0. The molecule has 9 heteroatoms. The van der Waals surface area contributed by atoms with E-state index >= 15 is 0 Å². The quantitative estimate of drug-likeness (QED) is 0.376. The molecule has 0 heterocycles. The number of hydrogen-bond donors (Lipinski definition) is 1. The van der Waals surface area contributed by atoms with Crippen LogP contribution in [0.25, 0.3) is 0 Å². The van der Waals surface area contributed by atoms with E-state index in [0.29, 0.717) is 5.56 Å². The normalized spacial score (nSPS) is 12.6. The number of ether oxygens (including phenoxy) is 4. The van der Waals surface area contributed by atoms with Crippen molar-refractivity contribution < 1.29 is 38.1 Å². The number of hydrogen-bond acceptors (Lipinski definition) is 9. The average Bonchev–Trinajstić information content (AvgIpc) is 2.73. The molecule has 1 aromatic rings. The molecule has 0 aliphatic rings. The van der Waals surface area contributed by atoms with E-state index in [-0.39, 0.29) is 55.7 Å². The average molecular weight is 452 g/mol. The first-order chi connectivity index (χ1) is 15.0. The van der Waals surface area contributed by atoms with E-state index < -0.39 is 30.1 Å². The Bertz CT molecular complexity index is 805. The molecule has 0 spiro atoms. The highest BCUT2D eigenvalue weighted by Gasteiger charge is 2.21. The van der Waals surface area contributed by atoms with Crippen molar-refractivity contribution in [2.75, 3.05) is 6.61 Å². The molecule has 178 valence electrons. The number of benzene rings is 1. The number of nitrogens with two attached hydrogens (primary N) is 1. The van der Waals surface area contributed by atoms with Crippen LogP contribution in [0.2, 0.25) is 0 Å². The van der Waals surface area contributed by atoms with Gasteiger partial charge < -0.3 is 24.7 Å². The van der Waals surface area contributed by atoms with E-state index in [0.717, 1.165) is 0 Å². The van der Waals surface area contributed by atoms with Crippen molar-refractivity contribution in [2.24, 2.45) is 11.7 Å². The first kappa shape index (κ1) is 27.1. The van der Waals surface area contributed by atoms with E-state index in [4.69, 9.17) is 24.7 Å². The van der Waals surface area contributed by atoms with Gasteiger partial charge >= 0.3 is 23.9 Å². The van der Waals surface area contributed by atoms with Crippen LogP contribution < -0.4 is 15.2 Å². The van der Waals surface area contributed by atoms with Gasteiger partial charge in [-0.25, -0.2) is 0 Å². The van der Waals surface area contributed by atoms with Crippen LogP contribution in [0.3, 0.4) is 0 Å². The van der Waals surface area contributed by atoms with Gasteiger partial charge in [-0.3, -0.25) is 19.2 Å². The largest absolute Gasteiger partial charge is 0.462 e. The van der Waals surface area contributed by atoms with Gasteiger partial charge in [-0.2, -0.15) is 0 Å². The second kappa shape index (κ2) is 13.5. The molecule has 1 rings (SSSR count). The lowest BCUT2D eigenvalue weighted by molar-refractivity contribution is -0.159. The summed E-state index contributed by atoms with van der Waals surface area (Å²) in [5.74, 6) is -1.64. The van der Waals surface area contributed by atoms with Crippen LogP contribution in [-0.4, -0.2) is 42.6 Å². The molecule has 0 aliphatic heterocycles. The van der Waals surface area contributed by atoms with E-state index in [9.17, 15) is 19.2 Å². The first-order valence-electron chi connectivity index (χ1n) is 10.7. The van der Waals surface area contributed by atoms with Crippen molar-refractivity contribution in [3.8, 4) is 11.5 Å². The highest BCUT2D eigenvalue weighted by molar-refractivity contribution is 5.77. The summed E-state index contributed by atoms with van der Waals surface area (Å²) in [6, 6.07) is 3.60. The standard InChI is InChI=1S/C23H33NO8/c1-6-20(25)31-18-9-8-16(12-19(18)32-21(26)7-2)11-17(24)23(28)30-15(5)13-29-22(27)10-14(3)4/h8-9,12,14-15,17H,6-7,10-11,13,24H2,1-5H3/t15-,17-/m0/s1. The van der Waals surface area contributed by atoms with E-state index in [2.05, 4.69) is 0 Å². The van der Waals surface area contributed by atoms with Gasteiger partial charge in [-0.15, -0.1) is 0 Å². The lowest BCUT2D eigenvalue weighted by Gasteiger charge is -2.18. The van der Waals surface area contributed by atoms with E-state index in [1.54, 1.807) is 26.8 Å². The van der Waals surface area contributed by atoms with Crippen LogP contribution in [0.5, 0.6) is 11.5 Å². The summed E-state index contributed by atoms with van der Waals surface area (Å²) in [7, 11) is 0. The summed E-state index contributed by atoms with van der Waals surface area (Å²) in [6.45, 7) is 8.63. The third-order valence-corrected chi connectivity index (χ3v) is 4.16. The van der Waals surface area contributed by atoms with Crippen LogP contribution in [0, 0.1) is 5.92 Å². The monoisotopic (exact) mass is 451 g/mol. The Morgan fingerprint density at radius 2 is 1.50 bits per heavy atom. The molecule has 1 aromatic carbocycles. The minimum absolute atomic E-state index is 0.0569. The molecular weight excluding hydrogens is 418 g/mol. The molecule has 0 amide bonds. The molecule has 0 fully saturated rings. The van der Waals surface area contributed by atoms with Gasteiger partial charge in [0.25, 0.3) is 0 Å². The van der Waals surface area contributed by atoms with Crippen LogP contribution in [0.4, 0.5) is 0 Å². The van der Waals surface area contributed by atoms with Gasteiger partial charge in [0.2, 0.25) is 0 Å². The summed E-state index contributed by atoms with van der Waals surface area (Å²) < 4.78 is 20.8. The Morgan fingerprint density at radius 1 is 0.906 bits per heavy atom. The third-order valence-electron chi connectivity index (χ3n) is 4.16. The van der Waals surface area contributed by atoms with Crippen LogP contribution in [-0.2, 0) is 35.1 Å². The van der Waals surface area contributed by atoms with Gasteiger partial charge in [0, 0.05) is 19.3 Å². The third kappa shape index (κ3) is 9.91. The van der Waals surface area contributed by atoms with Crippen molar-refractivity contribution in [1.82, 2.24) is 0 Å². The fourth-order valence-electron chi connectivity index (χ4n) is 2.49. The summed E-state index contributed by atoms with van der Waals surface area (Å²) in [6.07, 6.45) is 0.0228. The Balaban J connectivity index is 2.75. The van der Waals surface area contributed by atoms with Crippen LogP contribution in [0.15, 0.2) is 18.2 Å². The summed E-state index contributed by atoms with van der Waals surface area (Å²) in [4.78, 5) is 47.2. The van der Waals surface area contributed by atoms with E-state index in [1.165, 1.54) is 12.1 Å². The zero-order chi connectivity index (χ0) is 24.3. The van der Waals surface area contributed by atoms with Crippen molar-refractivity contribution >= 4 is 23.9 Å². The highest BCUT2D eigenvalue weighted by atomic mass is 16.6. The molecule has 2 N–H and O–H groups in total. The molecule has 0 saturated heterocycles. The maximum absolute atomic E-state index is 12.3. The smallest absolute Gasteiger partial charge is 0.323 e. The van der Waals surface area contributed by atoms with Crippen molar-refractivity contribution in [1.29, 1.82) is 0 Å². The molecule has 0 bridgehead atoms. The Kier molecular flexibility index (Phi) is 11.4. The van der Waals surface area contributed by atoms with Gasteiger partial charge in [0.15, 0.2) is 11.5 Å². The van der Waals surface area contributed by atoms with Crippen molar-refractivity contribution in [3.63, 3.8) is 0 Å².